The Labute approximate surface area is 193 Å². The second-order valence-corrected chi connectivity index (χ2v) is 8.44. The molecule has 2 heterocycles. The first-order chi connectivity index (χ1) is 15.8. The van der Waals surface area contributed by atoms with Crippen LogP contribution in [0.2, 0.25) is 5.02 Å². The minimum Gasteiger partial charge on any atom is -0.508 e. The van der Waals surface area contributed by atoms with Crippen LogP contribution >= 0.6 is 11.6 Å². The van der Waals surface area contributed by atoms with Gasteiger partial charge in [-0.25, -0.2) is 4.39 Å². The average molecular weight is 464 g/mol. The summed E-state index contributed by atoms with van der Waals surface area (Å²) < 4.78 is 13.4. The molecule has 1 atom stereocenters. The molecule has 0 saturated carbocycles. The quantitative estimate of drug-likeness (QED) is 0.381. The zero-order valence-electron chi connectivity index (χ0n) is 17.5. The van der Waals surface area contributed by atoms with Gasteiger partial charge in [0, 0.05) is 22.7 Å². The summed E-state index contributed by atoms with van der Waals surface area (Å²) in [6, 6.07) is 15.2. The Morgan fingerprint density at radius 2 is 1.88 bits per heavy atom. The van der Waals surface area contributed by atoms with Crippen LogP contribution in [0.4, 0.5) is 4.39 Å². The number of carbonyl (C=O) groups is 1. The van der Waals surface area contributed by atoms with E-state index in [2.05, 4.69) is 10.2 Å². The number of aromatic nitrogens is 2. The highest BCUT2D eigenvalue weighted by Crippen LogP contribution is 2.46. The molecule has 0 saturated heterocycles. The first-order valence-electron chi connectivity index (χ1n) is 10.3. The fraction of sp³-hybridized carbons (Fsp3) is 0.120. The third kappa shape index (κ3) is 3.60. The van der Waals surface area contributed by atoms with Crippen molar-refractivity contribution in [2.75, 3.05) is 0 Å². The Bertz CT molecular complexity index is 1380. The van der Waals surface area contributed by atoms with Crippen LogP contribution < -0.4 is 0 Å². The Hall–Kier alpha value is -3.84. The van der Waals surface area contributed by atoms with Gasteiger partial charge in [0.05, 0.1) is 6.04 Å². The number of hydrogen-bond acceptors (Lipinski definition) is 4. The number of aromatic amines is 1. The van der Waals surface area contributed by atoms with Crippen molar-refractivity contribution in [3.05, 3.63) is 99.5 Å². The molecular weight excluding hydrogens is 445 g/mol. The number of carbonyl (C=O) groups excluding carboxylic acids is 1. The maximum atomic E-state index is 13.4. The highest BCUT2D eigenvalue weighted by atomic mass is 35.5. The predicted octanol–water partition coefficient (Wildman–Crippen LogP) is 5.33. The van der Waals surface area contributed by atoms with Gasteiger partial charge < -0.3 is 15.1 Å². The Morgan fingerprint density at radius 1 is 1.12 bits per heavy atom. The van der Waals surface area contributed by atoms with Gasteiger partial charge in [0.2, 0.25) is 0 Å². The lowest BCUT2D eigenvalue weighted by molar-refractivity contribution is 0.0730. The molecule has 0 unspecified atom stereocenters. The van der Waals surface area contributed by atoms with Crippen LogP contribution in [0.5, 0.6) is 11.5 Å². The lowest BCUT2D eigenvalue weighted by atomic mass is 9.95. The van der Waals surface area contributed by atoms with E-state index in [1.165, 1.54) is 12.1 Å². The van der Waals surface area contributed by atoms with Crippen LogP contribution in [0.3, 0.4) is 0 Å². The van der Waals surface area contributed by atoms with Crippen LogP contribution in [0, 0.1) is 12.7 Å². The summed E-state index contributed by atoms with van der Waals surface area (Å²) in [4.78, 5) is 15.0. The number of halogens is 2. The maximum absolute atomic E-state index is 13.4. The van der Waals surface area contributed by atoms with Crippen molar-refractivity contribution >= 4 is 17.5 Å². The molecule has 3 aromatic carbocycles. The standard InChI is InChI=1S/C25H19ClFN3O3/c1-13-9-20(32)18(11-19(13)26)22-21-23(29-28-22)25(33)30(12-14-5-7-16(27)8-6-14)24(21)15-3-2-4-17(31)10-15/h2-11,24,31-32H,12H2,1H3,(H,28,29)/t24-/m1/s1. The summed E-state index contributed by atoms with van der Waals surface area (Å²) in [7, 11) is 0. The number of aryl methyl sites for hydroxylation is 1. The van der Waals surface area contributed by atoms with Crippen LogP contribution in [-0.4, -0.2) is 31.2 Å². The molecule has 8 heteroatoms. The van der Waals surface area contributed by atoms with Gasteiger partial charge in [0.15, 0.2) is 0 Å². The molecule has 6 nitrogen and oxygen atoms in total. The fourth-order valence-electron chi connectivity index (χ4n) is 4.25. The number of aromatic hydroxyl groups is 2. The summed E-state index contributed by atoms with van der Waals surface area (Å²) in [5, 5.41) is 28.4. The zero-order valence-corrected chi connectivity index (χ0v) is 18.3. The molecule has 1 aliphatic rings. The molecule has 1 amide bonds. The molecular formula is C25H19ClFN3O3. The van der Waals surface area contributed by atoms with Crippen molar-refractivity contribution in [3.63, 3.8) is 0 Å². The highest BCUT2D eigenvalue weighted by Gasteiger charge is 2.42. The number of amides is 1. The maximum Gasteiger partial charge on any atom is 0.273 e. The Morgan fingerprint density at radius 3 is 2.61 bits per heavy atom. The minimum absolute atomic E-state index is 0.00899. The van der Waals surface area contributed by atoms with Crippen molar-refractivity contribution in [2.24, 2.45) is 0 Å². The second kappa shape index (κ2) is 7.94. The molecule has 5 rings (SSSR count). The van der Waals surface area contributed by atoms with Crippen LogP contribution in [0.25, 0.3) is 11.3 Å². The predicted molar refractivity (Wildman–Crippen MR) is 122 cm³/mol. The Balaban J connectivity index is 1.68. The minimum atomic E-state index is -0.599. The average Bonchev–Trinajstić information content (AvgIpc) is 3.32. The molecule has 0 spiro atoms. The van der Waals surface area contributed by atoms with Gasteiger partial charge in [0.25, 0.3) is 5.91 Å². The van der Waals surface area contributed by atoms with Crippen molar-refractivity contribution in [2.45, 2.75) is 19.5 Å². The van der Waals surface area contributed by atoms with Crippen molar-refractivity contribution in [3.8, 4) is 22.8 Å². The second-order valence-electron chi connectivity index (χ2n) is 8.04. The molecule has 0 fully saturated rings. The first-order valence-corrected chi connectivity index (χ1v) is 10.6. The molecule has 1 aromatic heterocycles. The van der Waals surface area contributed by atoms with E-state index in [0.29, 0.717) is 33.0 Å². The van der Waals surface area contributed by atoms with Gasteiger partial charge in [-0.1, -0.05) is 35.9 Å². The van der Waals surface area contributed by atoms with Gasteiger partial charge in [-0.3, -0.25) is 9.89 Å². The lowest BCUT2D eigenvalue weighted by Crippen LogP contribution is -2.29. The number of H-pyrrole nitrogens is 1. The number of benzene rings is 3. The van der Waals surface area contributed by atoms with Crippen molar-refractivity contribution in [1.82, 2.24) is 15.1 Å². The van der Waals surface area contributed by atoms with E-state index in [0.717, 1.165) is 5.56 Å². The molecule has 33 heavy (non-hydrogen) atoms. The van der Waals surface area contributed by atoms with Gasteiger partial charge in [0.1, 0.15) is 28.7 Å². The van der Waals surface area contributed by atoms with Crippen LogP contribution in [-0.2, 0) is 6.54 Å². The summed E-state index contributed by atoms with van der Waals surface area (Å²) in [6.07, 6.45) is 0. The lowest BCUT2D eigenvalue weighted by Gasteiger charge is -2.26. The normalized spacial score (nSPS) is 15.2. The molecule has 0 bridgehead atoms. The van der Waals surface area contributed by atoms with Gasteiger partial charge in [-0.05, 0) is 60.0 Å². The number of phenols is 2. The number of nitrogens with zero attached hydrogens (tertiary/aromatic N) is 2. The summed E-state index contributed by atoms with van der Waals surface area (Å²) in [5.74, 6) is -0.606. The number of hydrogen-bond donors (Lipinski definition) is 3. The summed E-state index contributed by atoms with van der Waals surface area (Å²) >= 11 is 6.32. The number of nitrogens with one attached hydrogen (secondary N) is 1. The molecule has 0 radical (unpaired) electrons. The smallest absolute Gasteiger partial charge is 0.273 e. The zero-order chi connectivity index (χ0) is 23.3. The summed E-state index contributed by atoms with van der Waals surface area (Å²) in [5.41, 5.74) is 3.78. The highest BCUT2D eigenvalue weighted by molar-refractivity contribution is 6.31. The molecule has 0 aliphatic carbocycles. The molecule has 166 valence electrons. The molecule has 3 N–H and O–H groups in total. The number of phenolic OH excluding ortho intramolecular Hbond substituents is 2. The van der Waals surface area contributed by atoms with E-state index in [1.807, 2.05) is 6.07 Å². The SMILES string of the molecule is Cc1cc(O)c(-c2n[nH]c3c2[C@@H](c2cccc(O)c2)N(Cc2ccc(F)cc2)C3=O)cc1Cl. The topological polar surface area (TPSA) is 89.4 Å². The van der Waals surface area contributed by atoms with Gasteiger partial charge in [-0.15, -0.1) is 0 Å². The van der Waals surface area contributed by atoms with E-state index in [-0.39, 0.29) is 35.5 Å². The number of rotatable bonds is 4. The van der Waals surface area contributed by atoms with Crippen LogP contribution in [0.15, 0.2) is 60.7 Å². The van der Waals surface area contributed by atoms with Crippen LogP contribution in [0.1, 0.15) is 38.8 Å². The van der Waals surface area contributed by atoms with E-state index >= 15 is 0 Å². The van der Waals surface area contributed by atoms with Crippen molar-refractivity contribution < 1.29 is 19.4 Å². The molecule has 1 aliphatic heterocycles. The summed E-state index contributed by atoms with van der Waals surface area (Å²) in [6.45, 7) is 1.99. The fourth-order valence-corrected chi connectivity index (χ4v) is 4.41. The van der Waals surface area contributed by atoms with E-state index in [9.17, 15) is 19.4 Å². The van der Waals surface area contributed by atoms with E-state index < -0.39 is 6.04 Å². The number of fused-ring (bicyclic) bond motifs is 1. The van der Waals surface area contributed by atoms with Gasteiger partial charge in [-0.2, -0.15) is 5.10 Å². The Kier molecular flexibility index (Phi) is 5.06. The molecule has 4 aromatic rings. The van der Waals surface area contributed by atoms with Gasteiger partial charge >= 0.3 is 0 Å². The third-order valence-corrected chi connectivity index (χ3v) is 6.26. The van der Waals surface area contributed by atoms with E-state index in [1.54, 1.807) is 54.3 Å². The van der Waals surface area contributed by atoms with Crippen molar-refractivity contribution in [1.29, 1.82) is 0 Å². The third-order valence-electron chi connectivity index (χ3n) is 5.85. The monoisotopic (exact) mass is 463 g/mol. The largest absolute Gasteiger partial charge is 0.508 e. The van der Waals surface area contributed by atoms with E-state index in [4.69, 9.17) is 11.6 Å². The first kappa shape index (κ1) is 21.0.